The molecule has 1 aromatic carbocycles. The first kappa shape index (κ1) is 14.0. The molecule has 1 unspecified atom stereocenters. The zero-order valence-electron chi connectivity index (χ0n) is 11.7. The smallest absolute Gasteiger partial charge is 0.163 e. The van der Waals surface area contributed by atoms with Crippen LogP contribution >= 0.6 is 0 Å². The SMILES string of the molecule is CNC1CCN(CCOc2ccccc2C(C)=O)C1. The summed E-state index contributed by atoms with van der Waals surface area (Å²) in [7, 11) is 2.01. The number of benzene rings is 1. The lowest BCUT2D eigenvalue weighted by Gasteiger charge is -2.17. The van der Waals surface area contributed by atoms with Crippen LogP contribution in [0.1, 0.15) is 23.7 Å². The highest BCUT2D eigenvalue weighted by Gasteiger charge is 2.20. The summed E-state index contributed by atoms with van der Waals surface area (Å²) in [6.07, 6.45) is 1.19. The molecule has 1 saturated heterocycles. The third-order valence-corrected chi connectivity index (χ3v) is 3.61. The molecule has 1 aromatic rings. The molecule has 1 N–H and O–H groups in total. The summed E-state index contributed by atoms with van der Waals surface area (Å²) in [5.41, 5.74) is 0.664. The number of para-hydroxylation sites is 1. The standard InChI is InChI=1S/C15H22N2O2/c1-12(18)14-5-3-4-6-15(14)19-10-9-17-8-7-13(11-17)16-2/h3-6,13,16H,7-11H2,1-2H3. The highest BCUT2D eigenvalue weighted by molar-refractivity contribution is 5.96. The van der Waals surface area contributed by atoms with Crippen LogP contribution in [0.15, 0.2) is 24.3 Å². The van der Waals surface area contributed by atoms with Gasteiger partial charge >= 0.3 is 0 Å². The lowest BCUT2D eigenvalue weighted by molar-refractivity contribution is 0.101. The Hall–Kier alpha value is -1.39. The van der Waals surface area contributed by atoms with E-state index in [0.717, 1.165) is 19.6 Å². The summed E-state index contributed by atoms with van der Waals surface area (Å²) in [5, 5.41) is 3.30. The van der Waals surface area contributed by atoms with E-state index in [-0.39, 0.29) is 5.78 Å². The molecule has 0 amide bonds. The van der Waals surface area contributed by atoms with Gasteiger partial charge in [-0.25, -0.2) is 0 Å². The second-order valence-corrected chi connectivity index (χ2v) is 4.98. The van der Waals surface area contributed by atoms with E-state index in [9.17, 15) is 4.79 Å². The number of nitrogens with zero attached hydrogens (tertiary/aromatic N) is 1. The van der Waals surface area contributed by atoms with Crippen molar-refractivity contribution in [2.45, 2.75) is 19.4 Å². The molecule has 104 valence electrons. The zero-order valence-corrected chi connectivity index (χ0v) is 11.7. The normalized spacial score (nSPS) is 19.6. The van der Waals surface area contributed by atoms with Crippen molar-refractivity contribution in [3.05, 3.63) is 29.8 Å². The molecule has 1 aliphatic heterocycles. The third-order valence-electron chi connectivity index (χ3n) is 3.61. The van der Waals surface area contributed by atoms with Gasteiger partial charge in [-0.2, -0.15) is 0 Å². The van der Waals surface area contributed by atoms with E-state index >= 15 is 0 Å². The van der Waals surface area contributed by atoms with E-state index in [1.54, 1.807) is 6.92 Å². The molecule has 0 saturated carbocycles. The number of ketones is 1. The van der Waals surface area contributed by atoms with Gasteiger partial charge in [0.15, 0.2) is 5.78 Å². The van der Waals surface area contributed by atoms with Gasteiger partial charge in [-0.05, 0) is 39.1 Å². The van der Waals surface area contributed by atoms with Gasteiger partial charge in [0, 0.05) is 19.1 Å². The average molecular weight is 262 g/mol. The third kappa shape index (κ3) is 3.78. The first-order chi connectivity index (χ1) is 9.20. The Morgan fingerprint density at radius 3 is 2.95 bits per heavy atom. The van der Waals surface area contributed by atoms with Crippen molar-refractivity contribution in [3.63, 3.8) is 0 Å². The minimum atomic E-state index is 0.0482. The van der Waals surface area contributed by atoms with Gasteiger partial charge in [0.2, 0.25) is 0 Å². The van der Waals surface area contributed by atoms with Gasteiger partial charge in [-0.1, -0.05) is 12.1 Å². The highest BCUT2D eigenvalue weighted by atomic mass is 16.5. The van der Waals surface area contributed by atoms with Crippen LogP contribution in [0, 0.1) is 0 Å². The summed E-state index contributed by atoms with van der Waals surface area (Å²) >= 11 is 0. The van der Waals surface area contributed by atoms with Crippen LogP contribution in [0.25, 0.3) is 0 Å². The molecule has 1 aliphatic rings. The van der Waals surface area contributed by atoms with E-state index in [1.165, 1.54) is 6.42 Å². The molecule has 1 atom stereocenters. The second kappa shape index (κ2) is 6.68. The maximum Gasteiger partial charge on any atom is 0.163 e. The average Bonchev–Trinajstić information content (AvgIpc) is 2.87. The fourth-order valence-corrected chi connectivity index (χ4v) is 2.44. The number of Topliss-reactive ketones (excluding diaryl/α,β-unsaturated/α-hetero) is 1. The van der Waals surface area contributed by atoms with E-state index in [2.05, 4.69) is 10.2 Å². The van der Waals surface area contributed by atoms with Crippen LogP contribution < -0.4 is 10.1 Å². The van der Waals surface area contributed by atoms with E-state index < -0.39 is 0 Å². The summed E-state index contributed by atoms with van der Waals surface area (Å²) in [6.45, 7) is 5.29. The number of hydrogen-bond acceptors (Lipinski definition) is 4. The number of carbonyl (C=O) groups is 1. The van der Waals surface area contributed by atoms with E-state index in [4.69, 9.17) is 4.74 Å². The van der Waals surface area contributed by atoms with Crippen molar-refractivity contribution < 1.29 is 9.53 Å². The van der Waals surface area contributed by atoms with E-state index in [0.29, 0.717) is 24.0 Å². The minimum absolute atomic E-state index is 0.0482. The van der Waals surface area contributed by atoms with Crippen LogP contribution in [0.3, 0.4) is 0 Å². The van der Waals surface area contributed by atoms with Crippen molar-refractivity contribution in [2.75, 3.05) is 33.3 Å². The van der Waals surface area contributed by atoms with Crippen LogP contribution in [-0.2, 0) is 0 Å². The molecule has 19 heavy (non-hydrogen) atoms. The quantitative estimate of drug-likeness (QED) is 0.790. The summed E-state index contributed by atoms with van der Waals surface area (Å²) in [4.78, 5) is 13.9. The monoisotopic (exact) mass is 262 g/mol. The summed E-state index contributed by atoms with van der Waals surface area (Å²) < 4.78 is 5.75. The fourth-order valence-electron chi connectivity index (χ4n) is 2.44. The van der Waals surface area contributed by atoms with Crippen LogP contribution in [-0.4, -0.2) is 50.0 Å². The molecule has 0 spiro atoms. The molecule has 0 aromatic heterocycles. The summed E-state index contributed by atoms with van der Waals surface area (Å²) in [5.74, 6) is 0.742. The van der Waals surface area contributed by atoms with Crippen molar-refractivity contribution in [2.24, 2.45) is 0 Å². The minimum Gasteiger partial charge on any atom is -0.491 e. The Bertz CT molecular complexity index is 434. The lowest BCUT2D eigenvalue weighted by Crippen LogP contribution is -2.31. The van der Waals surface area contributed by atoms with Crippen LogP contribution in [0.5, 0.6) is 5.75 Å². The van der Waals surface area contributed by atoms with Gasteiger partial charge in [-0.3, -0.25) is 9.69 Å². The Morgan fingerprint density at radius 2 is 2.26 bits per heavy atom. The van der Waals surface area contributed by atoms with Crippen molar-refractivity contribution >= 4 is 5.78 Å². The van der Waals surface area contributed by atoms with Gasteiger partial charge in [0.1, 0.15) is 12.4 Å². The van der Waals surface area contributed by atoms with Crippen LogP contribution in [0.2, 0.25) is 0 Å². The first-order valence-electron chi connectivity index (χ1n) is 6.83. The number of rotatable bonds is 6. The Morgan fingerprint density at radius 1 is 1.47 bits per heavy atom. The Balaban J connectivity index is 1.82. The number of ether oxygens (including phenoxy) is 1. The molecule has 1 fully saturated rings. The van der Waals surface area contributed by atoms with Crippen molar-refractivity contribution in [3.8, 4) is 5.75 Å². The second-order valence-electron chi connectivity index (χ2n) is 4.98. The number of carbonyl (C=O) groups excluding carboxylic acids is 1. The Labute approximate surface area is 114 Å². The van der Waals surface area contributed by atoms with Gasteiger partial charge < -0.3 is 10.1 Å². The number of likely N-dealkylation sites (N-methyl/N-ethyl adjacent to an activating group) is 1. The van der Waals surface area contributed by atoms with E-state index in [1.807, 2.05) is 31.3 Å². The van der Waals surface area contributed by atoms with Gasteiger partial charge in [0.05, 0.1) is 5.56 Å². The molecule has 1 heterocycles. The van der Waals surface area contributed by atoms with Crippen molar-refractivity contribution in [1.82, 2.24) is 10.2 Å². The molecular formula is C15H22N2O2. The number of hydrogen-bond donors (Lipinski definition) is 1. The maximum absolute atomic E-state index is 11.5. The molecule has 0 bridgehead atoms. The highest BCUT2D eigenvalue weighted by Crippen LogP contribution is 2.18. The summed E-state index contributed by atoms with van der Waals surface area (Å²) in [6, 6.07) is 8.03. The van der Waals surface area contributed by atoms with Crippen molar-refractivity contribution in [1.29, 1.82) is 0 Å². The van der Waals surface area contributed by atoms with Gasteiger partial charge in [0.25, 0.3) is 0 Å². The molecule has 0 aliphatic carbocycles. The largest absolute Gasteiger partial charge is 0.491 e. The topological polar surface area (TPSA) is 41.6 Å². The number of likely N-dealkylation sites (tertiary alicyclic amines) is 1. The maximum atomic E-state index is 11.5. The molecule has 4 nitrogen and oxygen atoms in total. The van der Waals surface area contributed by atoms with Gasteiger partial charge in [-0.15, -0.1) is 0 Å². The number of nitrogens with one attached hydrogen (secondary N) is 1. The molecular weight excluding hydrogens is 240 g/mol. The predicted octanol–water partition coefficient (Wildman–Crippen LogP) is 1.56. The molecule has 4 heteroatoms. The first-order valence-corrected chi connectivity index (χ1v) is 6.83. The Kier molecular flexibility index (Phi) is 4.93. The predicted molar refractivity (Wildman–Crippen MR) is 75.8 cm³/mol. The van der Waals surface area contributed by atoms with Crippen LogP contribution in [0.4, 0.5) is 0 Å². The molecule has 0 radical (unpaired) electrons. The lowest BCUT2D eigenvalue weighted by atomic mass is 10.1. The fraction of sp³-hybridized carbons (Fsp3) is 0.533. The molecule has 2 rings (SSSR count). The zero-order chi connectivity index (χ0) is 13.7.